The monoisotopic (exact) mass is 270 g/mol. The molecule has 0 atom stereocenters. The van der Waals surface area contributed by atoms with E-state index in [0.29, 0.717) is 17.3 Å². The van der Waals surface area contributed by atoms with Crippen molar-refractivity contribution in [2.45, 2.75) is 24.2 Å². The maximum Gasteiger partial charge on any atom is 0.340 e. The van der Waals surface area contributed by atoms with Crippen LogP contribution in [0.4, 0.5) is 0 Å². The van der Waals surface area contributed by atoms with Crippen molar-refractivity contribution in [2.75, 3.05) is 19.5 Å². The number of aliphatic hydroxyl groups is 1. The largest absolute Gasteiger partial charge is 0.493 e. The molecule has 0 saturated carbocycles. The van der Waals surface area contributed by atoms with Crippen LogP contribution in [0.1, 0.15) is 29.6 Å². The predicted octanol–water partition coefficient (Wildman–Crippen LogP) is 2.65. The van der Waals surface area contributed by atoms with Gasteiger partial charge in [-0.15, -0.1) is 11.8 Å². The van der Waals surface area contributed by atoms with Crippen LogP contribution in [0, 0.1) is 0 Å². The molecular formula is C13H18O4S. The number of thioether (sulfide) groups is 1. The number of rotatable bonds is 8. The normalized spacial score (nSPS) is 10.3. The summed E-state index contributed by atoms with van der Waals surface area (Å²) in [6.07, 6.45) is 4.27. The molecule has 1 aromatic carbocycles. The van der Waals surface area contributed by atoms with Gasteiger partial charge in [0.2, 0.25) is 0 Å². The Kier molecular flexibility index (Phi) is 6.60. The van der Waals surface area contributed by atoms with Gasteiger partial charge in [-0.3, -0.25) is 0 Å². The summed E-state index contributed by atoms with van der Waals surface area (Å²) in [5, 5.41) is 17.8. The fraction of sp³-hybridized carbons (Fsp3) is 0.462. The third-order valence-electron chi connectivity index (χ3n) is 2.48. The molecule has 0 amide bonds. The number of aliphatic hydroxyl groups excluding tert-OH is 1. The smallest absolute Gasteiger partial charge is 0.340 e. The average molecular weight is 270 g/mol. The Morgan fingerprint density at radius 2 is 2.11 bits per heavy atom. The number of ether oxygens (including phenoxy) is 1. The first-order chi connectivity index (χ1) is 8.70. The lowest BCUT2D eigenvalue weighted by Gasteiger charge is -2.11. The molecule has 5 heteroatoms. The van der Waals surface area contributed by atoms with E-state index < -0.39 is 5.97 Å². The van der Waals surface area contributed by atoms with Crippen molar-refractivity contribution in [3.05, 3.63) is 23.8 Å². The van der Waals surface area contributed by atoms with Gasteiger partial charge < -0.3 is 14.9 Å². The van der Waals surface area contributed by atoms with E-state index in [0.717, 1.165) is 19.3 Å². The number of hydrogen-bond acceptors (Lipinski definition) is 4. The Morgan fingerprint density at radius 3 is 2.72 bits per heavy atom. The van der Waals surface area contributed by atoms with Gasteiger partial charge in [-0.05, 0) is 37.7 Å². The summed E-state index contributed by atoms with van der Waals surface area (Å²) in [5.41, 5.74) is 0.229. The van der Waals surface area contributed by atoms with Crippen molar-refractivity contribution in [2.24, 2.45) is 0 Å². The van der Waals surface area contributed by atoms with Crippen molar-refractivity contribution in [3.63, 3.8) is 0 Å². The molecule has 0 radical (unpaired) electrons. The highest BCUT2D eigenvalue weighted by molar-refractivity contribution is 7.98. The number of carboxylic acid groups (broad SMARTS) is 1. The first kappa shape index (κ1) is 14.9. The third kappa shape index (κ3) is 4.23. The summed E-state index contributed by atoms with van der Waals surface area (Å²) in [7, 11) is 0. The minimum absolute atomic E-state index is 0.183. The highest BCUT2D eigenvalue weighted by Crippen LogP contribution is 2.28. The van der Waals surface area contributed by atoms with Crippen molar-refractivity contribution in [1.82, 2.24) is 0 Å². The standard InChI is InChI=1S/C13H18O4S/c1-18-11-7-5-6-10(12(11)13(15)16)17-9-4-2-3-8-14/h5-7,14H,2-4,8-9H2,1H3,(H,15,16). The second-order valence-electron chi connectivity index (χ2n) is 3.77. The maximum absolute atomic E-state index is 11.2. The van der Waals surface area contributed by atoms with Crippen molar-refractivity contribution in [1.29, 1.82) is 0 Å². The van der Waals surface area contributed by atoms with Gasteiger partial charge in [-0.25, -0.2) is 4.79 Å². The Labute approximate surface area is 111 Å². The molecule has 0 heterocycles. The summed E-state index contributed by atoms with van der Waals surface area (Å²) in [6, 6.07) is 5.24. The molecule has 2 N–H and O–H groups in total. The van der Waals surface area contributed by atoms with E-state index in [-0.39, 0.29) is 12.2 Å². The fourth-order valence-electron chi connectivity index (χ4n) is 1.58. The maximum atomic E-state index is 11.2. The van der Waals surface area contributed by atoms with Gasteiger partial charge in [0.25, 0.3) is 0 Å². The summed E-state index contributed by atoms with van der Waals surface area (Å²) < 4.78 is 5.51. The molecule has 100 valence electrons. The van der Waals surface area contributed by atoms with Gasteiger partial charge in [-0.2, -0.15) is 0 Å². The Morgan fingerprint density at radius 1 is 1.33 bits per heavy atom. The van der Waals surface area contributed by atoms with Crippen molar-refractivity contribution >= 4 is 17.7 Å². The molecule has 0 aliphatic carbocycles. The molecule has 0 bridgehead atoms. The van der Waals surface area contributed by atoms with Crippen LogP contribution in [0.15, 0.2) is 23.1 Å². The van der Waals surface area contributed by atoms with E-state index in [1.807, 2.05) is 6.26 Å². The van der Waals surface area contributed by atoms with E-state index in [4.69, 9.17) is 9.84 Å². The fourth-order valence-corrected chi connectivity index (χ4v) is 2.19. The van der Waals surface area contributed by atoms with Gasteiger partial charge in [0, 0.05) is 11.5 Å². The number of aromatic carboxylic acids is 1. The average Bonchev–Trinajstić information content (AvgIpc) is 2.37. The van der Waals surface area contributed by atoms with Crippen LogP contribution in [-0.4, -0.2) is 35.7 Å². The van der Waals surface area contributed by atoms with Crippen molar-refractivity contribution < 1.29 is 19.7 Å². The van der Waals surface area contributed by atoms with Gasteiger partial charge in [0.15, 0.2) is 0 Å². The molecule has 0 aliphatic heterocycles. The second kappa shape index (κ2) is 8.00. The number of hydrogen-bond donors (Lipinski definition) is 2. The Hall–Kier alpha value is -1.20. The molecule has 0 aliphatic rings. The van der Waals surface area contributed by atoms with Crippen LogP contribution in [0.3, 0.4) is 0 Å². The topological polar surface area (TPSA) is 66.8 Å². The number of carbonyl (C=O) groups is 1. The lowest BCUT2D eigenvalue weighted by atomic mass is 10.2. The van der Waals surface area contributed by atoms with Gasteiger partial charge in [-0.1, -0.05) is 6.07 Å². The zero-order valence-electron chi connectivity index (χ0n) is 10.4. The summed E-state index contributed by atoms with van der Waals surface area (Å²) in [4.78, 5) is 11.9. The lowest BCUT2D eigenvalue weighted by molar-refractivity contribution is 0.0688. The SMILES string of the molecule is CSc1cccc(OCCCCCO)c1C(=O)O. The zero-order chi connectivity index (χ0) is 13.4. The lowest BCUT2D eigenvalue weighted by Crippen LogP contribution is -2.06. The van der Waals surface area contributed by atoms with Gasteiger partial charge >= 0.3 is 5.97 Å². The molecule has 0 saturated heterocycles. The highest BCUT2D eigenvalue weighted by atomic mass is 32.2. The molecule has 4 nitrogen and oxygen atoms in total. The molecule has 18 heavy (non-hydrogen) atoms. The van der Waals surface area contributed by atoms with Crippen LogP contribution in [0.5, 0.6) is 5.75 Å². The second-order valence-corrected chi connectivity index (χ2v) is 4.62. The zero-order valence-corrected chi connectivity index (χ0v) is 11.2. The summed E-state index contributed by atoms with van der Waals surface area (Å²) in [5.74, 6) is -0.552. The molecule has 1 rings (SSSR count). The first-order valence-corrected chi connectivity index (χ1v) is 7.07. The first-order valence-electron chi connectivity index (χ1n) is 5.84. The molecule has 1 aromatic rings. The van der Waals surface area contributed by atoms with Crippen LogP contribution in [0.25, 0.3) is 0 Å². The minimum atomic E-state index is -0.967. The molecule has 0 spiro atoms. The predicted molar refractivity (Wildman–Crippen MR) is 71.6 cm³/mol. The van der Waals surface area contributed by atoms with E-state index in [1.54, 1.807) is 18.2 Å². The van der Waals surface area contributed by atoms with E-state index in [9.17, 15) is 9.90 Å². The van der Waals surface area contributed by atoms with E-state index >= 15 is 0 Å². The molecule has 0 unspecified atom stereocenters. The molecule has 0 fully saturated rings. The Balaban J connectivity index is 2.67. The quantitative estimate of drug-likeness (QED) is 0.561. The third-order valence-corrected chi connectivity index (χ3v) is 3.26. The van der Waals surface area contributed by atoms with Crippen LogP contribution >= 0.6 is 11.8 Å². The van der Waals surface area contributed by atoms with Crippen LogP contribution < -0.4 is 4.74 Å². The Bertz CT molecular complexity index is 393. The number of unbranched alkanes of at least 4 members (excludes halogenated alkanes) is 2. The highest BCUT2D eigenvalue weighted by Gasteiger charge is 2.15. The number of benzene rings is 1. The summed E-state index contributed by atoms with van der Waals surface area (Å²) in [6.45, 7) is 0.653. The molecule has 0 aromatic heterocycles. The van der Waals surface area contributed by atoms with Crippen LogP contribution in [-0.2, 0) is 0 Å². The van der Waals surface area contributed by atoms with Crippen LogP contribution in [0.2, 0.25) is 0 Å². The summed E-state index contributed by atoms with van der Waals surface area (Å²) >= 11 is 1.39. The van der Waals surface area contributed by atoms with E-state index in [2.05, 4.69) is 0 Å². The minimum Gasteiger partial charge on any atom is -0.493 e. The van der Waals surface area contributed by atoms with Gasteiger partial charge in [0.1, 0.15) is 11.3 Å². The van der Waals surface area contributed by atoms with E-state index in [1.165, 1.54) is 11.8 Å². The van der Waals surface area contributed by atoms with Gasteiger partial charge in [0.05, 0.1) is 6.61 Å². The number of carboxylic acids is 1. The van der Waals surface area contributed by atoms with Crippen molar-refractivity contribution in [3.8, 4) is 5.75 Å². The molecular weight excluding hydrogens is 252 g/mol.